The van der Waals surface area contributed by atoms with Crippen LogP contribution in [0.2, 0.25) is 0 Å². The van der Waals surface area contributed by atoms with E-state index in [2.05, 4.69) is 19.2 Å². The minimum atomic E-state index is -3.12. The third-order valence-corrected chi connectivity index (χ3v) is 4.65. The number of hydrogen-bond donors (Lipinski definition) is 1. The summed E-state index contributed by atoms with van der Waals surface area (Å²) in [5, 5.41) is 3.21. The van der Waals surface area contributed by atoms with E-state index in [0.717, 1.165) is 12.3 Å². The lowest BCUT2D eigenvalue weighted by Crippen LogP contribution is -2.12. The molecule has 0 saturated heterocycles. The highest BCUT2D eigenvalue weighted by molar-refractivity contribution is 7.91. The number of ether oxygens (including phenoxy) is 1. The molecule has 0 aliphatic rings. The topological polar surface area (TPSA) is 55.4 Å². The monoisotopic (exact) mass is 299 g/mol. The van der Waals surface area contributed by atoms with Crippen LogP contribution in [-0.4, -0.2) is 33.9 Å². The van der Waals surface area contributed by atoms with Gasteiger partial charge in [-0.2, -0.15) is 0 Å². The van der Waals surface area contributed by atoms with Crippen molar-refractivity contribution >= 4 is 15.5 Å². The summed E-state index contributed by atoms with van der Waals surface area (Å²) < 4.78 is 29.2. The lowest BCUT2D eigenvalue weighted by molar-refractivity contribution is 0.118. The fraction of sp³-hybridized carbons (Fsp3) is 0.600. The van der Waals surface area contributed by atoms with Crippen LogP contribution in [0, 0.1) is 5.92 Å². The molecule has 0 spiro atoms. The van der Waals surface area contributed by atoms with Crippen molar-refractivity contribution in [1.82, 2.24) is 0 Å². The van der Waals surface area contributed by atoms with Gasteiger partial charge in [0.1, 0.15) is 0 Å². The number of nitrogens with one attached hydrogen (secondary N) is 1. The normalized spacial score (nSPS) is 11.8. The summed E-state index contributed by atoms with van der Waals surface area (Å²) in [7, 11) is -3.12. The molecule has 0 radical (unpaired) electrons. The van der Waals surface area contributed by atoms with Crippen LogP contribution in [0.25, 0.3) is 0 Å². The molecule has 0 amide bonds. The highest BCUT2D eigenvalue weighted by atomic mass is 32.2. The molecule has 5 heteroatoms. The molecule has 0 bridgehead atoms. The third kappa shape index (κ3) is 5.92. The Morgan fingerprint density at radius 3 is 2.40 bits per heavy atom. The maximum atomic E-state index is 11.9. The molecule has 0 aliphatic heterocycles. The summed E-state index contributed by atoms with van der Waals surface area (Å²) in [6, 6.07) is 6.90. The molecule has 1 aromatic rings. The second-order valence-electron chi connectivity index (χ2n) is 5.24. The first kappa shape index (κ1) is 17.0. The molecule has 0 saturated carbocycles. The summed E-state index contributed by atoms with van der Waals surface area (Å²) in [6.07, 6.45) is 0.634. The van der Waals surface area contributed by atoms with Gasteiger partial charge in [0.05, 0.1) is 17.3 Å². The van der Waals surface area contributed by atoms with Gasteiger partial charge in [-0.15, -0.1) is 0 Å². The molecule has 1 aromatic carbocycles. The molecule has 20 heavy (non-hydrogen) atoms. The quantitative estimate of drug-likeness (QED) is 0.712. The standard InChI is InChI=1S/C15H25NO3S/c1-4-11-20(17,18)15-7-5-14(6-8-15)16-9-10-19-12-13(2)3/h5-8,13,16H,4,9-12H2,1-3H3. The van der Waals surface area contributed by atoms with Crippen molar-refractivity contribution in [3.8, 4) is 0 Å². The van der Waals surface area contributed by atoms with Gasteiger partial charge in [-0.25, -0.2) is 8.42 Å². The molecule has 0 aliphatic carbocycles. The Bertz CT molecular complexity index is 480. The third-order valence-electron chi connectivity index (χ3n) is 2.71. The second-order valence-corrected chi connectivity index (χ2v) is 7.35. The van der Waals surface area contributed by atoms with Crippen LogP contribution in [-0.2, 0) is 14.6 Å². The lowest BCUT2D eigenvalue weighted by atomic mass is 10.2. The van der Waals surface area contributed by atoms with Crippen LogP contribution in [0.1, 0.15) is 27.2 Å². The van der Waals surface area contributed by atoms with Crippen LogP contribution in [0.4, 0.5) is 5.69 Å². The van der Waals surface area contributed by atoms with Crippen molar-refractivity contribution in [2.45, 2.75) is 32.1 Å². The zero-order chi connectivity index (χ0) is 15.0. The first-order valence-corrected chi connectivity index (χ1v) is 8.75. The van der Waals surface area contributed by atoms with Gasteiger partial charge >= 0.3 is 0 Å². The summed E-state index contributed by atoms with van der Waals surface area (Å²) in [5.74, 6) is 0.737. The van der Waals surface area contributed by atoms with E-state index in [-0.39, 0.29) is 5.75 Å². The number of anilines is 1. The summed E-state index contributed by atoms with van der Waals surface area (Å²) >= 11 is 0. The van der Waals surface area contributed by atoms with E-state index in [9.17, 15) is 8.42 Å². The first-order valence-electron chi connectivity index (χ1n) is 7.10. The molecule has 0 heterocycles. The zero-order valence-corrected chi connectivity index (χ0v) is 13.4. The number of benzene rings is 1. The molecule has 0 unspecified atom stereocenters. The van der Waals surface area contributed by atoms with E-state index in [0.29, 0.717) is 30.4 Å². The Kier molecular flexibility index (Phi) is 7.02. The van der Waals surface area contributed by atoms with E-state index in [1.807, 2.05) is 6.92 Å². The first-order chi connectivity index (χ1) is 9.45. The lowest BCUT2D eigenvalue weighted by Gasteiger charge is -2.09. The van der Waals surface area contributed by atoms with Crippen LogP contribution in [0.3, 0.4) is 0 Å². The molecule has 0 aromatic heterocycles. The number of sulfone groups is 1. The number of hydrogen-bond acceptors (Lipinski definition) is 4. The largest absolute Gasteiger partial charge is 0.383 e. The molecule has 1 rings (SSSR count). The zero-order valence-electron chi connectivity index (χ0n) is 12.6. The Morgan fingerprint density at radius 2 is 1.85 bits per heavy atom. The Hall–Kier alpha value is -1.07. The van der Waals surface area contributed by atoms with Gasteiger partial charge in [-0.05, 0) is 36.6 Å². The van der Waals surface area contributed by atoms with E-state index in [1.54, 1.807) is 24.3 Å². The molecule has 0 atom stereocenters. The van der Waals surface area contributed by atoms with Crippen molar-refractivity contribution in [2.24, 2.45) is 5.92 Å². The van der Waals surface area contributed by atoms with Crippen molar-refractivity contribution in [3.63, 3.8) is 0 Å². The van der Waals surface area contributed by atoms with Gasteiger partial charge < -0.3 is 10.1 Å². The van der Waals surface area contributed by atoms with Gasteiger partial charge in [0.25, 0.3) is 0 Å². The summed E-state index contributed by atoms with van der Waals surface area (Å²) in [5.41, 5.74) is 0.911. The maximum absolute atomic E-state index is 11.9. The molecule has 114 valence electrons. The molecular formula is C15H25NO3S. The van der Waals surface area contributed by atoms with Gasteiger partial charge in [-0.1, -0.05) is 20.8 Å². The Morgan fingerprint density at radius 1 is 1.20 bits per heavy atom. The van der Waals surface area contributed by atoms with Crippen LogP contribution < -0.4 is 5.32 Å². The minimum absolute atomic E-state index is 0.197. The van der Waals surface area contributed by atoms with Crippen molar-refractivity contribution in [2.75, 3.05) is 30.8 Å². The molecule has 4 nitrogen and oxygen atoms in total. The van der Waals surface area contributed by atoms with E-state index >= 15 is 0 Å². The van der Waals surface area contributed by atoms with E-state index < -0.39 is 9.84 Å². The van der Waals surface area contributed by atoms with Crippen molar-refractivity contribution < 1.29 is 13.2 Å². The highest BCUT2D eigenvalue weighted by Gasteiger charge is 2.12. The van der Waals surface area contributed by atoms with E-state index in [4.69, 9.17) is 4.74 Å². The Balaban J connectivity index is 2.43. The van der Waals surface area contributed by atoms with Gasteiger partial charge in [-0.3, -0.25) is 0 Å². The van der Waals surface area contributed by atoms with Crippen LogP contribution >= 0.6 is 0 Å². The number of rotatable bonds is 9. The second kappa shape index (κ2) is 8.27. The summed E-state index contributed by atoms with van der Waals surface area (Å²) in [4.78, 5) is 0.390. The predicted octanol–water partition coefficient (Wildman–Crippen LogP) is 2.95. The fourth-order valence-corrected chi connectivity index (χ4v) is 3.08. The Labute approximate surface area is 122 Å². The molecule has 1 N–H and O–H groups in total. The predicted molar refractivity (Wildman–Crippen MR) is 82.9 cm³/mol. The smallest absolute Gasteiger partial charge is 0.178 e. The van der Waals surface area contributed by atoms with Gasteiger partial charge in [0.15, 0.2) is 9.84 Å². The highest BCUT2D eigenvalue weighted by Crippen LogP contribution is 2.15. The average Bonchev–Trinajstić information content (AvgIpc) is 2.38. The van der Waals surface area contributed by atoms with E-state index in [1.165, 1.54) is 0 Å². The maximum Gasteiger partial charge on any atom is 0.178 e. The van der Waals surface area contributed by atoms with Crippen molar-refractivity contribution in [3.05, 3.63) is 24.3 Å². The summed E-state index contributed by atoms with van der Waals surface area (Å²) in [6.45, 7) is 8.22. The van der Waals surface area contributed by atoms with Crippen LogP contribution in [0.5, 0.6) is 0 Å². The van der Waals surface area contributed by atoms with Crippen molar-refractivity contribution in [1.29, 1.82) is 0 Å². The minimum Gasteiger partial charge on any atom is -0.383 e. The fourth-order valence-electron chi connectivity index (χ4n) is 1.75. The van der Waals surface area contributed by atoms with Gasteiger partial charge in [0.2, 0.25) is 0 Å². The average molecular weight is 299 g/mol. The molecular weight excluding hydrogens is 274 g/mol. The van der Waals surface area contributed by atoms with Gasteiger partial charge in [0, 0.05) is 18.8 Å². The SMILES string of the molecule is CCCS(=O)(=O)c1ccc(NCCOCC(C)C)cc1. The van der Waals surface area contributed by atoms with Crippen LogP contribution in [0.15, 0.2) is 29.2 Å². The molecule has 0 fully saturated rings.